The molecule has 140 valence electrons. The van der Waals surface area contributed by atoms with Crippen LogP contribution in [-0.4, -0.2) is 32.3 Å². The maximum atomic E-state index is 12.3. The van der Waals surface area contributed by atoms with E-state index in [0.29, 0.717) is 28.5 Å². The van der Waals surface area contributed by atoms with E-state index in [4.69, 9.17) is 14.2 Å². The largest absolute Gasteiger partial charge is 0.497 e. The molecule has 2 aromatic carbocycles. The number of carbonyl (C=O) groups is 1. The van der Waals surface area contributed by atoms with Crippen LogP contribution >= 0.6 is 0 Å². The molecule has 2 rings (SSSR count). The molecule has 0 fully saturated rings. The first-order valence-electron chi connectivity index (χ1n) is 8.33. The number of aryl methyl sites for hydroxylation is 1. The first-order valence-corrected chi connectivity index (χ1v) is 8.33. The highest BCUT2D eigenvalue weighted by molar-refractivity contribution is 5.92. The zero-order valence-corrected chi connectivity index (χ0v) is 15.5. The average Bonchev–Trinajstić information content (AvgIpc) is 2.65. The molecule has 0 radical (unpaired) electrons. The predicted molar refractivity (Wildman–Crippen MR) is 100 cm³/mol. The van der Waals surface area contributed by atoms with Crippen molar-refractivity contribution in [3.05, 3.63) is 47.5 Å². The quantitative estimate of drug-likeness (QED) is 0.755. The number of carbonyl (C=O) groups excluding carboxylic acids is 1. The lowest BCUT2D eigenvalue weighted by molar-refractivity contribution is -0.116. The fraction of sp³-hybridized carbons (Fsp3) is 0.350. The van der Waals surface area contributed by atoms with Gasteiger partial charge in [0, 0.05) is 18.1 Å². The second kappa shape index (κ2) is 9.10. The number of benzene rings is 2. The van der Waals surface area contributed by atoms with Gasteiger partial charge in [-0.3, -0.25) is 4.79 Å². The summed E-state index contributed by atoms with van der Waals surface area (Å²) in [5, 5.41) is 13.3. The van der Waals surface area contributed by atoms with Crippen molar-refractivity contribution in [1.82, 2.24) is 0 Å². The van der Waals surface area contributed by atoms with E-state index in [1.165, 1.54) is 7.11 Å². The molecule has 6 heteroatoms. The van der Waals surface area contributed by atoms with Gasteiger partial charge in [-0.25, -0.2) is 0 Å². The van der Waals surface area contributed by atoms with E-state index < -0.39 is 6.10 Å². The minimum atomic E-state index is -0.819. The third kappa shape index (κ3) is 4.89. The monoisotopic (exact) mass is 359 g/mol. The highest BCUT2D eigenvalue weighted by Crippen LogP contribution is 2.32. The Kier molecular flexibility index (Phi) is 6.86. The van der Waals surface area contributed by atoms with E-state index in [0.717, 1.165) is 5.56 Å². The Balaban J connectivity index is 2.00. The summed E-state index contributed by atoms with van der Waals surface area (Å²) in [5.74, 6) is 1.57. The Hall–Kier alpha value is -2.73. The van der Waals surface area contributed by atoms with Crippen LogP contribution in [0.2, 0.25) is 0 Å². The third-order valence-corrected chi connectivity index (χ3v) is 4.07. The summed E-state index contributed by atoms with van der Waals surface area (Å²) >= 11 is 0. The van der Waals surface area contributed by atoms with Gasteiger partial charge in [-0.1, -0.05) is 6.07 Å². The highest BCUT2D eigenvalue weighted by Gasteiger charge is 2.16. The van der Waals surface area contributed by atoms with Crippen LogP contribution in [0, 0.1) is 6.92 Å². The van der Waals surface area contributed by atoms with Crippen molar-refractivity contribution >= 4 is 11.6 Å². The van der Waals surface area contributed by atoms with Crippen LogP contribution in [0.15, 0.2) is 36.4 Å². The summed E-state index contributed by atoms with van der Waals surface area (Å²) in [5.41, 5.74) is 2.26. The fourth-order valence-electron chi connectivity index (χ4n) is 2.65. The Bertz CT molecular complexity index is 760. The lowest BCUT2D eigenvalue weighted by Crippen LogP contribution is -2.14. The molecule has 2 aromatic rings. The molecule has 26 heavy (non-hydrogen) atoms. The average molecular weight is 359 g/mol. The minimum Gasteiger partial charge on any atom is -0.497 e. The minimum absolute atomic E-state index is 0.160. The fourth-order valence-corrected chi connectivity index (χ4v) is 2.65. The lowest BCUT2D eigenvalue weighted by Gasteiger charge is -2.16. The van der Waals surface area contributed by atoms with Crippen molar-refractivity contribution in [2.45, 2.75) is 25.9 Å². The van der Waals surface area contributed by atoms with E-state index in [1.54, 1.807) is 32.4 Å². The molecule has 0 saturated heterocycles. The van der Waals surface area contributed by atoms with Crippen LogP contribution in [0.25, 0.3) is 0 Å². The molecule has 1 unspecified atom stereocenters. The van der Waals surface area contributed by atoms with Crippen LogP contribution < -0.4 is 19.5 Å². The van der Waals surface area contributed by atoms with Crippen molar-refractivity contribution in [2.24, 2.45) is 0 Å². The number of hydrogen-bond donors (Lipinski definition) is 2. The summed E-state index contributed by atoms with van der Waals surface area (Å²) < 4.78 is 15.7. The summed E-state index contributed by atoms with van der Waals surface area (Å²) in [6, 6.07) is 10.8. The molecule has 0 spiro atoms. The van der Waals surface area contributed by atoms with Crippen molar-refractivity contribution < 1.29 is 24.1 Å². The van der Waals surface area contributed by atoms with Gasteiger partial charge in [0.2, 0.25) is 5.91 Å². The van der Waals surface area contributed by atoms with E-state index in [1.807, 2.05) is 25.1 Å². The van der Waals surface area contributed by atoms with Gasteiger partial charge in [0.05, 0.1) is 33.1 Å². The maximum absolute atomic E-state index is 12.3. The van der Waals surface area contributed by atoms with Gasteiger partial charge >= 0.3 is 0 Å². The van der Waals surface area contributed by atoms with Gasteiger partial charge in [0.25, 0.3) is 0 Å². The molecule has 0 aliphatic heterocycles. The van der Waals surface area contributed by atoms with Gasteiger partial charge < -0.3 is 24.6 Å². The van der Waals surface area contributed by atoms with Gasteiger partial charge in [0.15, 0.2) is 0 Å². The number of nitrogens with one attached hydrogen (secondary N) is 1. The molecule has 1 atom stereocenters. The number of aliphatic hydroxyl groups is 1. The second-order valence-electron chi connectivity index (χ2n) is 5.91. The smallest absolute Gasteiger partial charge is 0.224 e. The molecular weight excluding hydrogens is 334 g/mol. The second-order valence-corrected chi connectivity index (χ2v) is 5.91. The van der Waals surface area contributed by atoms with E-state index >= 15 is 0 Å². The Morgan fingerprint density at radius 3 is 2.42 bits per heavy atom. The molecule has 0 saturated carbocycles. The van der Waals surface area contributed by atoms with E-state index in [2.05, 4.69) is 5.32 Å². The zero-order valence-electron chi connectivity index (χ0n) is 15.5. The Morgan fingerprint density at radius 2 is 1.77 bits per heavy atom. The van der Waals surface area contributed by atoms with Crippen molar-refractivity contribution in [1.29, 1.82) is 0 Å². The SMILES string of the molecule is COc1ccc(C(O)CCC(=O)Nc2cc(C)ccc2OC)c(OC)c1. The molecule has 6 nitrogen and oxygen atoms in total. The van der Waals surface area contributed by atoms with Gasteiger partial charge in [-0.05, 0) is 43.2 Å². The summed E-state index contributed by atoms with van der Waals surface area (Å²) in [6.45, 7) is 1.94. The summed E-state index contributed by atoms with van der Waals surface area (Å²) in [6.07, 6.45) is -0.392. The molecular formula is C20H25NO5. The van der Waals surface area contributed by atoms with Gasteiger partial charge in [-0.15, -0.1) is 0 Å². The van der Waals surface area contributed by atoms with Crippen molar-refractivity contribution in [2.75, 3.05) is 26.6 Å². The van der Waals surface area contributed by atoms with Crippen LogP contribution in [0.4, 0.5) is 5.69 Å². The normalized spacial score (nSPS) is 11.6. The highest BCUT2D eigenvalue weighted by atomic mass is 16.5. The molecule has 0 bridgehead atoms. The number of rotatable bonds is 8. The van der Waals surface area contributed by atoms with Crippen LogP contribution in [0.1, 0.15) is 30.1 Å². The molecule has 0 heterocycles. The van der Waals surface area contributed by atoms with Gasteiger partial charge in [0.1, 0.15) is 17.2 Å². The Labute approximate surface area is 153 Å². The summed E-state index contributed by atoms with van der Waals surface area (Å²) in [4.78, 5) is 12.3. The number of anilines is 1. The number of hydrogen-bond acceptors (Lipinski definition) is 5. The molecule has 1 amide bonds. The maximum Gasteiger partial charge on any atom is 0.224 e. The molecule has 2 N–H and O–H groups in total. The molecule has 0 aliphatic carbocycles. The number of ether oxygens (including phenoxy) is 3. The Morgan fingerprint density at radius 1 is 1.04 bits per heavy atom. The first-order chi connectivity index (χ1) is 12.5. The molecule has 0 aliphatic rings. The standard InChI is InChI=1S/C20H25NO5/c1-13-5-9-18(25-3)16(11-13)21-20(23)10-8-17(22)15-7-6-14(24-2)12-19(15)26-4/h5-7,9,11-12,17,22H,8,10H2,1-4H3,(H,21,23). The zero-order chi connectivity index (χ0) is 19.1. The number of amides is 1. The van der Waals surface area contributed by atoms with E-state index in [9.17, 15) is 9.90 Å². The lowest BCUT2D eigenvalue weighted by atomic mass is 10.0. The van der Waals surface area contributed by atoms with Crippen molar-refractivity contribution in [3.8, 4) is 17.2 Å². The van der Waals surface area contributed by atoms with Crippen LogP contribution in [0.3, 0.4) is 0 Å². The van der Waals surface area contributed by atoms with Crippen LogP contribution in [-0.2, 0) is 4.79 Å². The van der Waals surface area contributed by atoms with Crippen LogP contribution in [0.5, 0.6) is 17.2 Å². The van der Waals surface area contributed by atoms with Gasteiger partial charge in [-0.2, -0.15) is 0 Å². The number of aliphatic hydroxyl groups excluding tert-OH is 1. The van der Waals surface area contributed by atoms with Crippen molar-refractivity contribution in [3.63, 3.8) is 0 Å². The summed E-state index contributed by atoms with van der Waals surface area (Å²) in [7, 11) is 4.65. The third-order valence-electron chi connectivity index (χ3n) is 4.07. The van der Waals surface area contributed by atoms with E-state index in [-0.39, 0.29) is 18.7 Å². The topological polar surface area (TPSA) is 77.0 Å². The first kappa shape index (κ1) is 19.6. The number of methoxy groups -OCH3 is 3. The molecule has 0 aromatic heterocycles. The predicted octanol–water partition coefficient (Wildman–Crippen LogP) is 3.47.